The summed E-state index contributed by atoms with van der Waals surface area (Å²) in [5, 5.41) is 0. The highest BCUT2D eigenvalue weighted by molar-refractivity contribution is 7.89. The fourth-order valence-corrected chi connectivity index (χ4v) is 5.30. The van der Waals surface area contributed by atoms with Gasteiger partial charge in [0.2, 0.25) is 10.0 Å². The summed E-state index contributed by atoms with van der Waals surface area (Å²) in [6.45, 7) is 5.73. The van der Waals surface area contributed by atoms with E-state index in [2.05, 4.69) is 16.8 Å². The average molecular weight is 474 g/mol. The van der Waals surface area contributed by atoms with Crippen LogP contribution in [0, 0.1) is 0 Å². The molecule has 0 unspecified atom stereocenters. The van der Waals surface area contributed by atoms with Gasteiger partial charge >= 0.3 is 0 Å². The van der Waals surface area contributed by atoms with Crippen molar-refractivity contribution in [3.05, 3.63) is 47.8 Å². The van der Waals surface area contributed by atoms with Gasteiger partial charge in [0.1, 0.15) is 17.3 Å². The molecule has 4 heterocycles. The van der Waals surface area contributed by atoms with Crippen molar-refractivity contribution in [2.45, 2.75) is 26.8 Å². The second kappa shape index (κ2) is 9.14. The van der Waals surface area contributed by atoms with Crippen LogP contribution in [0.15, 0.2) is 30.7 Å². The van der Waals surface area contributed by atoms with E-state index in [9.17, 15) is 13.2 Å². The van der Waals surface area contributed by atoms with Crippen molar-refractivity contribution in [2.75, 3.05) is 43.9 Å². The first-order valence-electron chi connectivity index (χ1n) is 11.2. The number of amides is 1. The van der Waals surface area contributed by atoms with Crippen molar-refractivity contribution in [1.29, 1.82) is 0 Å². The van der Waals surface area contributed by atoms with Gasteiger partial charge in [-0.15, -0.1) is 0 Å². The summed E-state index contributed by atoms with van der Waals surface area (Å²) in [6, 6.07) is 3.66. The molecule has 1 aliphatic rings. The number of nitrogens with zero attached hydrogens (tertiary/aromatic N) is 7. The zero-order valence-corrected chi connectivity index (χ0v) is 20.4. The lowest BCUT2D eigenvalue weighted by Gasteiger charge is -2.33. The standard InChI is InChI=1S/C22H31N7O3S/c1-5-18-21(26(4)16-20-23-9-10-25(20)3)29-15-17(7-8-19(29)24-18)22(30)27-11-13-28(14-12-27)33(31,32)6-2/h7-10,15H,5-6,11-14,16H2,1-4H3. The van der Waals surface area contributed by atoms with Crippen LogP contribution < -0.4 is 4.90 Å². The highest BCUT2D eigenvalue weighted by Crippen LogP contribution is 2.25. The van der Waals surface area contributed by atoms with Crippen molar-refractivity contribution in [2.24, 2.45) is 7.05 Å². The monoisotopic (exact) mass is 473 g/mol. The van der Waals surface area contributed by atoms with Gasteiger partial charge in [-0.05, 0) is 25.5 Å². The topological polar surface area (TPSA) is 96.1 Å². The van der Waals surface area contributed by atoms with E-state index < -0.39 is 10.0 Å². The molecule has 4 rings (SSSR count). The first-order chi connectivity index (χ1) is 15.7. The van der Waals surface area contributed by atoms with E-state index in [1.54, 1.807) is 24.1 Å². The van der Waals surface area contributed by atoms with Gasteiger partial charge in [0.05, 0.1) is 23.6 Å². The summed E-state index contributed by atoms with van der Waals surface area (Å²) in [6.07, 6.45) is 6.30. The van der Waals surface area contributed by atoms with Gasteiger partial charge in [-0.3, -0.25) is 9.20 Å². The second-order valence-electron chi connectivity index (χ2n) is 8.28. The van der Waals surface area contributed by atoms with E-state index >= 15 is 0 Å². The summed E-state index contributed by atoms with van der Waals surface area (Å²) >= 11 is 0. The number of aryl methyl sites for hydroxylation is 2. The molecule has 1 aliphatic heterocycles. The lowest BCUT2D eigenvalue weighted by molar-refractivity contribution is 0.0697. The summed E-state index contributed by atoms with van der Waals surface area (Å²) < 4.78 is 29.6. The molecule has 1 saturated heterocycles. The first kappa shape index (κ1) is 23.2. The number of pyridine rings is 1. The minimum atomic E-state index is -3.23. The second-order valence-corrected chi connectivity index (χ2v) is 10.5. The summed E-state index contributed by atoms with van der Waals surface area (Å²) in [5.74, 6) is 1.84. The van der Waals surface area contributed by atoms with Gasteiger partial charge in [-0.2, -0.15) is 4.31 Å². The Morgan fingerprint density at radius 2 is 1.88 bits per heavy atom. The van der Waals surface area contributed by atoms with E-state index in [-0.39, 0.29) is 11.7 Å². The van der Waals surface area contributed by atoms with E-state index in [1.807, 2.05) is 41.5 Å². The molecule has 10 nitrogen and oxygen atoms in total. The maximum absolute atomic E-state index is 13.2. The average Bonchev–Trinajstić information content (AvgIpc) is 3.40. The number of anilines is 1. The number of aromatic nitrogens is 4. The Morgan fingerprint density at radius 3 is 2.48 bits per heavy atom. The number of piperazine rings is 1. The predicted molar refractivity (Wildman–Crippen MR) is 127 cm³/mol. The molecular weight excluding hydrogens is 442 g/mol. The van der Waals surface area contributed by atoms with E-state index in [4.69, 9.17) is 4.98 Å². The van der Waals surface area contributed by atoms with Crippen molar-refractivity contribution < 1.29 is 13.2 Å². The van der Waals surface area contributed by atoms with Crippen LogP contribution in [-0.2, 0) is 30.0 Å². The number of hydrogen-bond acceptors (Lipinski definition) is 6. The molecule has 0 aliphatic carbocycles. The van der Waals surface area contributed by atoms with Crippen LogP contribution in [0.4, 0.5) is 5.82 Å². The molecule has 0 atom stereocenters. The van der Waals surface area contributed by atoms with Crippen LogP contribution >= 0.6 is 0 Å². The molecule has 1 amide bonds. The third-order valence-corrected chi connectivity index (χ3v) is 8.07. The largest absolute Gasteiger partial charge is 0.352 e. The minimum Gasteiger partial charge on any atom is -0.352 e. The van der Waals surface area contributed by atoms with Gasteiger partial charge in [0, 0.05) is 58.9 Å². The number of hydrogen-bond donors (Lipinski definition) is 0. The molecule has 11 heteroatoms. The number of carbonyl (C=O) groups excluding carboxylic acids is 1. The lowest BCUT2D eigenvalue weighted by Crippen LogP contribution is -2.50. The van der Waals surface area contributed by atoms with E-state index in [0.717, 1.165) is 29.4 Å². The maximum Gasteiger partial charge on any atom is 0.255 e. The zero-order valence-electron chi connectivity index (χ0n) is 19.6. The summed E-state index contributed by atoms with van der Waals surface area (Å²) in [7, 11) is 0.732. The number of rotatable bonds is 7. The van der Waals surface area contributed by atoms with Crippen LogP contribution in [0.3, 0.4) is 0 Å². The molecule has 0 aromatic carbocycles. The van der Waals surface area contributed by atoms with Crippen molar-refractivity contribution in [3.8, 4) is 0 Å². The van der Waals surface area contributed by atoms with Crippen LogP contribution in [-0.4, -0.2) is 81.4 Å². The van der Waals surface area contributed by atoms with E-state index in [0.29, 0.717) is 38.3 Å². The molecule has 3 aromatic rings. The quantitative estimate of drug-likeness (QED) is 0.514. The normalized spacial score (nSPS) is 15.3. The van der Waals surface area contributed by atoms with Gasteiger partial charge in [-0.1, -0.05) is 6.92 Å². The number of carbonyl (C=O) groups is 1. The Morgan fingerprint density at radius 1 is 1.15 bits per heavy atom. The van der Waals surface area contributed by atoms with Crippen molar-refractivity contribution in [3.63, 3.8) is 0 Å². The summed E-state index contributed by atoms with van der Waals surface area (Å²) in [5.41, 5.74) is 2.29. The fourth-order valence-electron chi connectivity index (χ4n) is 4.22. The Bertz CT molecular complexity index is 1260. The fraction of sp³-hybridized carbons (Fsp3) is 0.500. The Hall–Kier alpha value is -2.92. The number of imidazole rings is 2. The molecule has 0 bridgehead atoms. The van der Waals surface area contributed by atoms with Crippen LogP contribution in [0.1, 0.15) is 35.7 Å². The molecule has 0 radical (unpaired) electrons. The SMILES string of the molecule is CCc1nc2ccc(C(=O)N3CCN(S(=O)(=O)CC)CC3)cn2c1N(C)Cc1nccn1C. The molecular formula is C22H31N7O3S. The Balaban J connectivity index is 1.59. The number of fused-ring (bicyclic) bond motifs is 1. The third-order valence-electron chi connectivity index (χ3n) is 6.19. The molecule has 0 saturated carbocycles. The Labute approximate surface area is 194 Å². The molecule has 178 valence electrons. The third kappa shape index (κ3) is 4.47. The molecule has 1 fully saturated rings. The highest BCUT2D eigenvalue weighted by atomic mass is 32.2. The van der Waals surface area contributed by atoms with Gasteiger partial charge in [0.15, 0.2) is 0 Å². The van der Waals surface area contributed by atoms with Gasteiger partial charge < -0.3 is 14.4 Å². The lowest BCUT2D eigenvalue weighted by atomic mass is 10.2. The number of sulfonamides is 1. The smallest absolute Gasteiger partial charge is 0.255 e. The molecule has 3 aromatic heterocycles. The molecule has 0 spiro atoms. The van der Waals surface area contributed by atoms with Gasteiger partial charge in [-0.25, -0.2) is 18.4 Å². The summed E-state index contributed by atoms with van der Waals surface area (Å²) in [4.78, 5) is 26.2. The van der Waals surface area contributed by atoms with Crippen molar-refractivity contribution >= 4 is 27.4 Å². The van der Waals surface area contributed by atoms with Gasteiger partial charge in [0.25, 0.3) is 5.91 Å². The van der Waals surface area contributed by atoms with Crippen LogP contribution in [0.5, 0.6) is 0 Å². The van der Waals surface area contributed by atoms with Crippen molar-refractivity contribution in [1.82, 2.24) is 28.1 Å². The maximum atomic E-state index is 13.2. The van der Waals surface area contributed by atoms with E-state index in [1.165, 1.54) is 4.31 Å². The minimum absolute atomic E-state index is 0.0760. The molecule has 0 N–H and O–H groups in total. The molecule has 33 heavy (non-hydrogen) atoms. The van der Waals surface area contributed by atoms with Crippen LogP contribution in [0.2, 0.25) is 0 Å². The first-order valence-corrected chi connectivity index (χ1v) is 12.8. The zero-order chi connectivity index (χ0) is 23.8. The predicted octanol–water partition coefficient (Wildman–Crippen LogP) is 1.37. The Kier molecular flexibility index (Phi) is 6.44. The van der Waals surface area contributed by atoms with Crippen LogP contribution in [0.25, 0.3) is 5.65 Å². The highest BCUT2D eigenvalue weighted by Gasteiger charge is 2.28.